The standard InChI is InChI=1S/C13H15N3O2/c1-3-10-6-5-7-15-12(10)16-9-11(8-14)13(17)18-4-2/h5-7,9H,3-4H2,1-2H3,(H,15,16). The monoisotopic (exact) mass is 245 g/mol. The number of hydrogen-bond donors (Lipinski definition) is 1. The van der Waals surface area contributed by atoms with E-state index in [1.807, 2.05) is 19.1 Å². The molecule has 0 radical (unpaired) electrons. The molecule has 0 aromatic carbocycles. The molecule has 0 unspecified atom stereocenters. The third kappa shape index (κ3) is 3.59. The first-order chi connectivity index (χ1) is 8.72. The van der Waals surface area contributed by atoms with Crippen molar-refractivity contribution >= 4 is 11.8 Å². The average Bonchev–Trinajstić information content (AvgIpc) is 2.40. The molecule has 0 aliphatic rings. The second kappa shape index (κ2) is 7.07. The minimum absolute atomic E-state index is 0.0791. The Morgan fingerprint density at radius 3 is 3.00 bits per heavy atom. The van der Waals surface area contributed by atoms with Crippen molar-refractivity contribution in [2.75, 3.05) is 11.9 Å². The maximum Gasteiger partial charge on any atom is 0.350 e. The van der Waals surface area contributed by atoms with Gasteiger partial charge in [0.1, 0.15) is 11.9 Å². The van der Waals surface area contributed by atoms with Crippen LogP contribution in [0.5, 0.6) is 0 Å². The molecule has 1 N–H and O–H groups in total. The Morgan fingerprint density at radius 1 is 1.61 bits per heavy atom. The molecule has 0 aliphatic carbocycles. The van der Waals surface area contributed by atoms with E-state index >= 15 is 0 Å². The Bertz CT molecular complexity index is 489. The van der Waals surface area contributed by atoms with Gasteiger partial charge in [-0.05, 0) is 25.0 Å². The molecule has 0 spiro atoms. The van der Waals surface area contributed by atoms with E-state index < -0.39 is 5.97 Å². The minimum atomic E-state index is -0.638. The first-order valence-electron chi connectivity index (χ1n) is 5.70. The molecular weight excluding hydrogens is 230 g/mol. The topological polar surface area (TPSA) is 75.0 Å². The number of aromatic nitrogens is 1. The van der Waals surface area contributed by atoms with Gasteiger partial charge in [-0.15, -0.1) is 0 Å². The average molecular weight is 245 g/mol. The highest BCUT2D eigenvalue weighted by atomic mass is 16.5. The maximum absolute atomic E-state index is 11.4. The lowest BCUT2D eigenvalue weighted by Gasteiger charge is -2.06. The highest BCUT2D eigenvalue weighted by molar-refractivity contribution is 5.93. The van der Waals surface area contributed by atoms with Crippen LogP contribution >= 0.6 is 0 Å². The molecule has 1 aromatic heterocycles. The van der Waals surface area contributed by atoms with E-state index in [4.69, 9.17) is 10.00 Å². The lowest BCUT2D eigenvalue weighted by molar-refractivity contribution is -0.138. The SMILES string of the molecule is CCOC(=O)C(C#N)=CNc1ncccc1CC. The van der Waals surface area contributed by atoms with Gasteiger partial charge in [0.05, 0.1) is 6.61 Å². The number of esters is 1. The summed E-state index contributed by atoms with van der Waals surface area (Å²) < 4.78 is 4.75. The van der Waals surface area contributed by atoms with Gasteiger partial charge in [0.25, 0.3) is 0 Å². The summed E-state index contributed by atoms with van der Waals surface area (Å²) in [7, 11) is 0. The van der Waals surface area contributed by atoms with E-state index in [2.05, 4.69) is 10.3 Å². The van der Waals surface area contributed by atoms with Gasteiger partial charge in [0, 0.05) is 12.4 Å². The fourth-order valence-corrected chi connectivity index (χ4v) is 1.34. The van der Waals surface area contributed by atoms with Crippen LogP contribution in [-0.2, 0) is 16.0 Å². The van der Waals surface area contributed by atoms with E-state index in [9.17, 15) is 4.79 Å². The second-order valence-corrected chi connectivity index (χ2v) is 3.40. The molecular formula is C13H15N3O2. The highest BCUT2D eigenvalue weighted by Crippen LogP contribution is 2.12. The van der Waals surface area contributed by atoms with Crippen LogP contribution in [0.1, 0.15) is 19.4 Å². The summed E-state index contributed by atoms with van der Waals surface area (Å²) in [5, 5.41) is 11.7. The van der Waals surface area contributed by atoms with Gasteiger partial charge >= 0.3 is 5.97 Å². The van der Waals surface area contributed by atoms with Crippen LogP contribution in [0.3, 0.4) is 0 Å². The molecule has 5 heteroatoms. The van der Waals surface area contributed by atoms with Crippen LogP contribution in [0.15, 0.2) is 30.1 Å². The van der Waals surface area contributed by atoms with E-state index in [1.54, 1.807) is 19.2 Å². The number of pyridine rings is 1. The number of carbonyl (C=O) groups is 1. The molecule has 0 fully saturated rings. The minimum Gasteiger partial charge on any atom is -0.462 e. The Morgan fingerprint density at radius 2 is 2.39 bits per heavy atom. The molecule has 0 amide bonds. The van der Waals surface area contributed by atoms with Gasteiger partial charge in [-0.3, -0.25) is 0 Å². The highest BCUT2D eigenvalue weighted by Gasteiger charge is 2.09. The smallest absolute Gasteiger partial charge is 0.350 e. The van der Waals surface area contributed by atoms with Gasteiger partial charge in [-0.2, -0.15) is 5.26 Å². The number of anilines is 1. The Hall–Kier alpha value is -2.35. The lowest BCUT2D eigenvalue weighted by atomic mass is 10.2. The Balaban J connectivity index is 2.84. The molecule has 0 aliphatic heterocycles. The van der Waals surface area contributed by atoms with Gasteiger partial charge in [0.2, 0.25) is 0 Å². The molecule has 0 atom stereocenters. The summed E-state index contributed by atoms with van der Waals surface area (Å²) in [6.45, 7) is 3.93. The number of nitrogens with zero attached hydrogens (tertiary/aromatic N) is 2. The number of carbonyl (C=O) groups excluding carboxylic acids is 1. The van der Waals surface area contributed by atoms with Crippen LogP contribution < -0.4 is 5.32 Å². The number of hydrogen-bond acceptors (Lipinski definition) is 5. The van der Waals surface area contributed by atoms with Crippen molar-refractivity contribution in [3.05, 3.63) is 35.7 Å². The van der Waals surface area contributed by atoms with Crippen molar-refractivity contribution in [1.82, 2.24) is 4.98 Å². The van der Waals surface area contributed by atoms with Crippen LogP contribution in [0.2, 0.25) is 0 Å². The molecule has 1 aromatic rings. The van der Waals surface area contributed by atoms with E-state index in [1.165, 1.54) is 6.20 Å². The lowest BCUT2D eigenvalue weighted by Crippen LogP contribution is -2.08. The number of rotatable bonds is 5. The molecule has 0 saturated heterocycles. The quantitative estimate of drug-likeness (QED) is 0.488. The zero-order valence-electron chi connectivity index (χ0n) is 10.4. The largest absolute Gasteiger partial charge is 0.462 e. The predicted molar refractivity (Wildman–Crippen MR) is 67.6 cm³/mol. The molecule has 94 valence electrons. The normalized spacial score (nSPS) is 10.6. The van der Waals surface area contributed by atoms with Crippen molar-refractivity contribution < 1.29 is 9.53 Å². The fraction of sp³-hybridized carbons (Fsp3) is 0.308. The van der Waals surface area contributed by atoms with Crippen LogP contribution in [0.4, 0.5) is 5.82 Å². The predicted octanol–water partition coefficient (Wildman–Crippen LogP) is 2.03. The van der Waals surface area contributed by atoms with Gasteiger partial charge in [-0.25, -0.2) is 9.78 Å². The van der Waals surface area contributed by atoms with Gasteiger partial charge in [0.15, 0.2) is 5.57 Å². The molecule has 18 heavy (non-hydrogen) atoms. The zero-order valence-corrected chi connectivity index (χ0v) is 10.4. The van der Waals surface area contributed by atoms with Gasteiger partial charge < -0.3 is 10.1 Å². The van der Waals surface area contributed by atoms with Crippen LogP contribution in [-0.4, -0.2) is 17.6 Å². The summed E-state index contributed by atoms with van der Waals surface area (Å²) in [6.07, 6.45) is 3.77. The number of ether oxygens (including phenoxy) is 1. The third-order valence-electron chi connectivity index (χ3n) is 2.24. The number of aryl methyl sites for hydroxylation is 1. The molecule has 0 bridgehead atoms. The van der Waals surface area contributed by atoms with Crippen molar-refractivity contribution in [3.63, 3.8) is 0 Å². The zero-order chi connectivity index (χ0) is 13.4. The number of nitriles is 1. The first-order valence-corrected chi connectivity index (χ1v) is 5.70. The van der Waals surface area contributed by atoms with Crippen molar-refractivity contribution in [2.45, 2.75) is 20.3 Å². The van der Waals surface area contributed by atoms with Crippen LogP contribution in [0, 0.1) is 11.3 Å². The van der Waals surface area contributed by atoms with E-state index in [0.717, 1.165) is 12.0 Å². The van der Waals surface area contributed by atoms with E-state index in [-0.39, 0.29) is 12.2 Å². The van der Waals surface area contributed by atoms with Crippen molar-refractivity contribution in [1.29, 1.82) is 5.26 Å². The van der Waals surface area contributed by atoms with Crippen LogP contribution in [0.25, 0.3) is 0 Å². The Labute approximate surface area is 106 Å². The van der Waals surface area contributed by atoms with Gasteiger partial charge in [-0.1, -0.05) is 13.0 Å². The summed E-state index contributed by atoms with van der Waals surface area (Å²) in [4.78, 5) is 15.5. The first kappa shape index (κ1) is 13.7. The van der Waals surface area contributed by atoms with E-state index in [0.29, 0.717) is 5.82 Å². The van der Waals surface area contributed by atoms with Crippen molar-refractivity contribution in [3.8, 4) is 6.07 Å². The third-order valence-corrected chi connectivity index (χ3v) is 2.24. The molecule has 5 nitrogen and oxygen atoms in total. The summed E-state index contributed by atoms with van der Waals surface area (Å²) in [5.41, 5.74) is 0.930. The molecule has 1 heterocycles. The molecule has 1 rings (SSSR count). The number of nitrogens with one attached hydrogen (secondary N) is 1. The summed E-state index contributed by atoms with van der Waals surface area (Å²) in [5.74, 6) is -0.00136. The maximum atomic E-state index is 11.4. The summed E-state index contributed by atoms with van der Waals surface area (Å²) >= 11 is 0. The van der Waals surface area contributed by atoms with Crippen molar-refractivity contribution in [2.24, 2.45) is 0 Å². The summed E-state index contributed by atoms with van der Waals surface area (Å²) in [6, 6.07) is 5.56. The molecule has 0 saturated carbocycles. The fourth-order valence-electron chi connectivity index (χ4n) is 1.34. The second-order valence-electron chi connectivity index (χ2n) is 3.40. The Kier molecular flexibility index (Phi) is 5.39.